The van der Waals surface area contributed by atoms with Crippen molar-refractivity contribution in [2.45, 2.75) is 91.6 Å². The van der Waals surface area contributed by atoms with Gasteiger partial charge in [0.1, 0.15) is 30.8 Å². The third-order valence-electron chi connectivity index (χ3n) is 6.77. The molecule has 2 unspecified atom stereocenters. The molecule has 0 saturated heterocycles. The predicted molar refractivity (Wildman–Crippen MR) is 211 cm³/mol. The van der Waals surface area contributed by atoms with Crippen LogP contribution in [0, 0.1) is 0 Å². The molecule has 0 rings (SSSR count). The fourth-order valence-electron chi connectivity index (χ4n) is 4.27. The summed E-state index contributed by atoms with van der Waals surface area (Å²) >= 11 is 0. The average Bonchev–Trinajstić information content (AvgIpc) is 3.15. The number of hydrogen-bond donors (Lipinski definition) is 2. The van der Waals surface area contributed by atoms with Gasteiger partial charge < -0.3 is 39.1 Å². The number of rotatable bonds is 37. The molecule has 0 aliphatic rings. The monoisotopic (exact) mass is 904 g/mol. The quantitative estimate of drug-likeness (QED) is 0.0226. The van der Waals surface area contributed by atoms with Crippen LogP contribution in [0.5, 0.6) is 0 Å². The second-order valence-electron chi connectivity index (χ2n) is 12.6. The molecule has 22 nitrogen and oxygen atoms in total. The summed E-state index contributed by atoms with van der Waals surface area (Å²) in [7, 11) is -8.46. The molecule has 60 heavy (non-hydrogen) atoms. The fraction of sp³-hybridized carbons (Fsp3) is 0.722. The first-order chi connectivity index (χ1) is 28.3. The van der Waals surface area contributed by atoms with E-state index in [0.717, 1.165) is 0 Å². The number of ether oxygens (including phenoxy) is 6. The Bertz CT molecular complexity index is 1430. The summed E-state index contributed by atoms with van der Waals surface area (Å²) in [6, 6.07) is 0. The number of esters is 4. The molecule has 0 aliphatic carbocycles. The van der Waals surface area contributed by atoms with E-state index < -0.39 is 95.4 Å². The third kappa shape index (κ3) is 32.2. The standard InChI is InChI=1S/C36H62N2O20P2/c1-9-16-49-59(45,53-25-33(57-31(7)41)23-47-19-12-27(3)55-29(5)39)51-18-11-14-37-35(43)22-36(44)38-15-21-52-60(46,50-17-10-2)54-26-34(58-32(8)42)24-48-20-13-28(4)56-30(6)40/h9-10,27-28,33-34H,1-2,11-26H2,3-8H3,(H,37,43)(H,38,44)/t27-,28-,33+,34-,59?,60?/m1/s1. The van der Waals surface area contributed by atoms with Crippen molar-refractivity contribution < 1.29 is 93.5 Å². The Labute approximate surface area is 351 Å². The van der Waals surface area contributed by atoms with E-state index in [0.29, 0.717) is 12.8 Å². The Balaban J connectivity index is 4.79. The zero-order valence-electron chi connectivity index (χ0n) is 35.3. The largest absolute Gasteiger partial charge is 0.475 e. The third-order valence-corrected chi connectivity index (χ3v) is 9.63. The van der Waals surface area contributed by atoms with Crippen molar-refractivity contribution in [3.8, 4) is 0 Å². The fourth-order valence-corrected chi connectivity index (χ4v) is 6.66. The first-order valence-corrected chi connectivity index (χ1v) is 21.9. The zero-order chi connectivity index (χ0) is 45.4. The molecule has 0 spiro atoms. The Hall–Kier alpha value is -3.56. The van der Waals surface area contributed by atoms with Gasteiger partial charge >= 0.3 is 39.5 Å². The molecule has 0 bridgehead atoms. The van der Waals surface area contributed by atoms with Gasteiger partial charge in [0.25, 0.3) is 0 Å². The summed E-state index contributed by atoms with van der Waals surface area (Å²) in [6.45, 7) is 13.3. The lowest BCUT2D eigenvalue weighted by Crippen LogP contribution is -2.34. The number of hydrogen-bond acceptors (Lipinski definition) is 20. The minimum atomic E-state index is -4.26. The number of phosphoric acid groups is 2. The Morgan fingerprint density at radius 1 is 0.533 bits per heavy atom. The van der Waals surface area contributed by atoms with Gasteiger partial charge in [-0.1, -0.05) is 12.2 Å². The van der Waals surface area contributed by atoms with Crippen LogP contribution < -0.4 is 10.6 Å². The van der Waals surface area contributed by atoms with Crippen LogP contribution in [0.3, 0.4) is 0 Å². The van der Waals surface area contributed by atoms with Crippen LogP contribution >= 0.6 is 15.6 Å². The van der Waals surface area contributed by atoms with Crippen LogP contribution in [0.1, 0.15) is 67.2 Å². The summed E-state index contributed by atoms with van der Waals surface area (Å²) < 4.78 is 89.5. The smallest absolute Gasteiger partial charge is 0.463 e. The van der Waals surface area contributed by atoms with Gasteiger partial charge in [-0.15, -0.1) is 13.2 Å². The second kappa shape index (κ2) is 33.1. The van der Waals surface area contributed by atoms with Gasteiger partial charge in [-0.05, 0) is 20.3 Å². The van der Waals surface area contributed by atoms with E-state index in [1.54, 1.807) is 13.8 Å². The van der Waals surface area contributed by atoms with E-state index in [1.807, 2.05) is 0 Å². The van der Waals surface area contributed by atoms with Crippen LogP contribution in [0.25, 0.3) is 0 Å². The van der Waals surface area contributed by atoms with E-state index in [-0.39, 0.29) is 72.4 Å². The molecule has 0 radical (unpaired) electrons. The van der Waals surface area contributed by atoms with E-state index in [2.05, 4.69) is 23.8 Å². The van der Waals surface area contributed by atoms with E-state index >= 15 is 0 Å². The molecular weight excluding hydrogens is 842 g/mol. The van der Waals surface area contributed by atoms with E-state index in [9.17, 15) is 37.9 Å². The van der Waals surface area contributed by atoms with Gasteiger partial charge in [0, 0.05) is 53.6 Å². The number of nitrogens with one attached hydrogen (secondary N) is 2. The lowest BCUT2D eigenvalue weighted by atomic mass is 10.3. The van der Waals surface area contributed by atoms with Crippen LogP contribution in [0.15, 0.2) is 25.3 Å². The van der Waals surface area contributed by atoms with Crippen LogP contribution in [0.4, 0.5) is 0 Å². The number of carbonyl (C=O) groups is 6. The molecule has 346 valence electrons. The van der Waals surface area contributed by atoms with Crippen molar-refractivity contribution in [3.63, 3.8) is 0 Å². The van der Waals surface area contributed by atoms with Gasteiger partial charge in [0.15, 0.2) is 0 Å². The average molecular weight is 905 g/mol. The molecule has 0 aromatic heterocycles. The molecule has 0 fully saturated rings. The minimum absolute atomic E-state index is 0.0142. The van der Waals surface area contributed by atoms with Crippen molar-refractivity contribution in [1.29, 1.82) is 0 Å². The van der Waals surface area contributed by atoms with Crippen LogP contribution in [0.2, 0.25) is 0 Å². The Morgan fingerprint density at radius 2 is 0.933 bits per heavy atom. The van der Waals surface area contributed by atoms with Gasteiger partial charge in [-0.25, -0.2) is 9.13 Å². The highest BCUT2D eigenvalue weighted by atomic mass is 31.2. The molecule has 0 heterocycles. The van der Waals surface area contributed by atoms with Crippen LogP contribution in [-0.2, 0) is 93.5 Å². The van der Waals surface area contributed by atoms with Crippen molar-refractivity contribution in [1.82, 2.24) is 10.6 Å². The summed E-state index contributed by atoms with van der Waals surface area (Å²) in [5.74, 6) is -3.49. The van der Waals surface area contributed by atoms with E-state index in [4.69, 9.17) is 55.6 Å². The topological polar surface area (TPSA) is 271 Å². The molecular formula is C36H62N2O20P2. The predicted octanol–water partition coefficient (Wildman–Crippen LogP) is 3.27. The molecule has 0 saturated carbocycles. The maximum Gasteiger partial charge on any atom is 0.475 e. The Kier molecular flexibility index (Phi) is 31.1. The van der Waals surface area contributed by atoms with Crippen molar-refractivity contribution in [3.05, 3.63) is 25.3 Å². The molecule has 0 aromatic rings. The number of carbonyl (C=O) groups excluding carboxylic acids is 6. The molecule has 2 N–H and O–H groups in total. The highest BCUT2D eigenvalue weighted by Crippen LogP contribution is 2.50. The van der Waals surface area contributed by atoms with Crippen molar-refractivity contribution in [2.75, 3.05) is 79.2 Å². The van der Waals surface area contributed by atoms with Gasteiger partial charge in [0.05, 0.1) is 66.1 Å². The lowest BCUT2D eigenvalue weighted by Gasteiger charge is -2.22. The van der Waals surface area contributed by atoms with Gasteiger partial charge in [0.2, 0.25) is 11.8 Å². The highest BCUT2D eigenvalue weighted by Gasteiger charge is 2.30. The highest BCUT2D eigenvalue weighted by molar-refractivity contribution is 7.48. The Morgan fingerprint density at radius 3 is 1.33 bits per heavy atom. The normalized spacial score (nSPS) is 15.1. The van der Waals surface area contributed by atoms with Crippen molar-refractivity contribution in [2.24, 2.45) is 0 Å². The number of amides is 2. The molecule has 0 aromatic carbocycles. The van der Waals surface area contributed by atoms with Gasteiger partial charge in [-0.3, -0.25) is 55.9 Å². The minimum Gasteiger partial charge on any atom is -0.463 e. The maximum absolute atomic E-state index is 13.2. The maximum atomic E-state index is 13.2. The number of phosphoric ester groups is 2. The van der Waals surface area contributed by atoms with E-state index in [1.165, 1.54) is 39.8 Å². The molecule has 24 heteroatoms. The summed E-state index contributed by atoms with van der Waals surface area (Å²) in [5, 5.41) is 4.94. The molecule has 0 aliphatic heterocycles. The van der Waals surface area contributed by atoms with Gasteiger partial charge in [-0.2, -0.15) is 0 Å². The van der Waals surface area contributed by atoms with Crippen LogP contribution in [-0.4, -0.2) is 139 Å². The summed E-state index contributed by atoms with van der Waals surface area (Å²) in [4.78, 5) is 70.0. The molecule has 6 atom stereocenters. The SMILES string of the molecule is C=CCOP(=O)(OCCNC(=O)CC(=O)NCCCOP(=O)(OCC=C)OC[C@H](COCC[C@@H](C)OC(C)=O)OC(C)=O)OC[C@@H](COCC[C@@H](C)OC(C)=O)OC(C)=O. The lowest BCUT2D eigenvalue weighted by molar-refractivity contribution is -0.153. The first-order valence-electron chi connectivity index (χ1n) is 19.0. The zero-order valence-corrected chi connectivity index (χ0v) is 37.0. The first kappa shape index (κ1) is 56.4. The molecule has 2 amide bonds. The summed E-state index contributed by atoms with van der Waals surface area (Å²) in [5.41, 5.74) is 0. The summed E-state index contributed by atoms with van der Waals surface area (Å²) in [6.07, 6.45) is 0.160. The van der Waals surface area contributed by atoms with Crippen molar-refractivity contribution >= 4 is 51.3 Å². The second-order valence-corrected chi connectivity index (χ2v) is 15.9.